The highest BCUT2D eigenvalue weighted by Gasteiger charge is 2.30. The van der Waals surface area contributed by atoms with Gasteiger partial charge in [0.1, 0.15) is 5.69 Å². The molecule has 0 radical (unpaired) electrons. The monoisotopic (exact) mass is 347 g/mol. The summed E-state index contributed by atoms with van der Waals surface area (Å²) in [4.78, 5) is 19.5. The minimum Gasteiger partial charge on any atom is -0.351 e. The zero-order chi connectivity index (χ0) is 17.8. The molecule has 25 heavy (non-hydrogen) atoms. The molecule has 4 nitrogen and oxygen atoms in total. The fraction of sp³-hybridized carbons (Fsp3) is 0.421. The van der Waals surface area contributed by atoms with E-state index in [1.807, 2.05) is 43.3 Å². The number of amides is 1. The van der Waals surface area contributed by atoms with Crippen molar-refractivity contribution in [1.29, 1.82) is 0 Å². The Balaban J connectivity index is 1.69. The number of aromatic amines is 1. The van der Waals surface area contributed by atoms with Gasteiger partial charge in [-0.2, -0.15) is 0 Å². The first-order valence-electron chi connectivity index (χ1n) is 8.64. The van der Waals surface area contributed by atoms with Crippen LogP contribution in [0.1, 0.15) is 23.8 Å². The van der Waals surface area contributed by atoms with Crippen LogP contribution in [0.2, 0.25) is 0 Å². The van der Waals surface area contributed by atoms with E-state index in [4.69, 9.17) is 0 Å². The van der Waals surface area contributed by atoms with Gasteiger partial charge in [0.25, 0.3) is 12.3 Å². The Kier molecular flexibility index (Phi) is 5.48. The summed E-state index contributed by atoms with van der Waals surface area (Å²) in [5, 5.41) is 0. The first-order chi connectivity index (χ1) is 12.1. The number of nitrogens with zero attached hydrogens (tertiary/aromatic N) is 2. The number of H-pyrrole nitrogens is 1. The predicted molar refractivity (Wildman–Crippen MR) is 93.8 cm³/mol. The van der Waals surface area contributed by atoms with Gasteiger partial charge in [-0.15, -0.1) is 0 Å². The second kappa shape index (κ2) is 7.78. The maximum Gasteiger partial charge on any atom is 0.270 e. The highest BCUT2D eigenvalue weighted by molar-refractivity contribution is 5.93. The number of nitrogens with one attached hydrogen (secondary N) is 1. The average Bonchev–Trinajstić information content (AvgIpc) is 3.12. The van der Waals surface area contributed by atoms with Crippen molar-refractivity contribution in [1.82, 2.24) is 14.8 Å². The number of carbonyl (C=O) groups is 1. The Hall–Kier alpha value is -2.21. The van der Waals surface area contributed by atoms with Crippen molar-refractivity contribution >= 4 is 5.91 Å². The second-order valence-electron chi connectivity index (χ2n) is 6.35. The maximum atomic E-state index is 12.8. The Morgan fingerprint density at radius 1 is 1.20 bits per heavy atom. The molecule has 0 bridgehead atoms. The van der Waals surface area contributed by atoms with E-state index in [0.717, 1.165) is 17.7 Å². The molecular weight excluding hydrogens is 324 g/mol. The van der Waals surface area contributed by atoms with Gasteiger partial charge in [0, 0.05) is 31.4 Å². The fourth-order valence-electron chi connectivity index (χ4n) is 3.36. The van der Waals surface area contributed by atoms with Crippen molar-refractivity contribution in [2.75, 3.05) is 26.2 Å². The highest BCUT2D eigenvalue weighted by Crippen LogP contribution is 2.20. The lowest BCUT2D eigenvalue weighted by Crippen LogP contribution is -2.55. The van der Waals surface area contributed by atoms with E-state index in [-0.39, 0.29) is 18.5 Å². The first kappa shape index (κ1) is 17.6. The van der Waals surface area contributed by atoms with E-state index < -0.39 is 6.43 Å². The molecule has 134 valence electrons. The Morgan fingerprint density at radius 2 is 1.96 bits per heavy atom. The van der Waals surface area contributed by atoms with Crippen molar-refractivity contribution in [3.05, 3.63) is 48.2 Å². The van der Waals surface area contributed by atoms with Crippen LogP contribution in [0.25, 0.3) is 11.3 Å². The van der Waals surface area contributed by atoms with Crippen LogP contribution in [-0.4, -0.2) is 59.3 Å². The summed E-state index contributed by atoms with van der Waals surface area (Å²) in [5.74, 6) is -0.0719. The number of rotatable bonds is 5. The number of carbonyl (C=O) groups excluding carboxylic acids is 1. The smallest absolute Gasteiger partial charge is 0.270 e. The zero-order valence-electron chi connectivity index (χ0n) is 14.3. The van der Waals surface area contributed by atoms with Gasteiger partial charge in [0.15, 0.2) is 0 Å². The third kappa shape index (κ3) is 4.07. The molecule has 1 N–H and O–H groups in total. The molecular formula is C19H23F2N3O. The normalized spacial score (nSPS) is 18.7. The Labute approximate surface area is 146 Å². The Morgan fingerprint density at radius 3 is 2.64 bits per heavy atom. The lowest BCUT2D eigenvalue weighted by molar-refractivity contribution is 0.0184. The number of aromatic nitrogens is 1. The largest absolute Gasteiger partial charge is 0.351 e. The van der Waals surface area contributed by atoms with Gasteiger partial charge in [0.05, 0.1) is 6.54 Å². The maximum absolute atomic E-state index is 12.8. The summed E-state index contributed by atoms with van der Waals surface area (Å²) in [6.07, 6.45) is -1.59. The molecule has 1 aromatic carbocycles. The molecule has 1 unspecified atom stereocenters. The van der Waals surface area contributed by atoms with Crippen LogP contribution in [0.5, 0.6) is 0 Å². The molecule has 1 aliphatic heterocycles. The standard InChI is InChI=1S/C19H23F2N3O/c1-2-15-12-24(11-10-23(15)13-18(20)21)19(25)17-9-8-16(22-17)14-6-4-3-5-7-14/h3-9,15,18,22H,2,10-13H2,1H3. The van der Waals surface area contributed by atoms with Crippen LogP contribution in [0.4, 0.5) is 8.78 Å². The van der Waals surface area contributed by atoms with Gasteiger partial charge in [-0.05, 0) is 24.1 Å². The fourth-order valence-corrected chi connectivity index (χ4v) is 3.36. The quantitative estimate of drug-likeness (QED) is 0.899. The molecule has 0 aliphatic carbocycles. The van der Waals surface area contributed by atoms with Crippen LogP contribution < -0.4 is 0 Å². The van der Waals surface area contributed by atoms with Crippen LogP contribution in [0, 0.1) is 0 Å². The van der Waals surface area contributed by atoms with Crippen LogP contribution >= 0.6 is 0 Å². The second-order valence-corrected chi connectivity index (χ2v) is 6.35. The molecule has 1 fully saturated rings. The van der Waals surface area contributed by atoms with E-state index in [1.165, 1.54) is 0 Å². The molecule has 0 spiro atoms. The summed E-state index contributed by atoms with van der Waals surface area (Å²) in [5.41, 5.74) is 2.46. The molecule has 1 aliphatic rings. The van der Waals surface area contributed by atoms with Crippen molar-refractivity contribution in [3.8, 4) is 11.3 Å². The molecule has 1 aromatic heterocycles. The van der Waals surface area contributed by atoms with Gasteiger partial charge < -0.3 is 9.88 Å². The number of hydrogen-bond donors (Lipinski definition) is 1. The summed E-state index contributed by atoms with van der Waals surface area (Å²) in [6, 6.07) is 13.5. The molecule has 2 aromatic rings. The minimum atomic E-state index is -2.34. The third-order valence-electron chi connectivity index (χ3n) is 4.74. The van der Waals surface area contributed by atoms with Crippen LogP contribution in [0.3, 0.4) is 0 Å². The minimum absolute atomic E-state index is 0.0183. The van der Waals surface area contributed by atoms with Crippen molar-refractivity contribution < 1.29 is 13.6 Å². The number of piperazine rings is 1. The SMILES string of the molecule is CCC1CN(C(=O)c2ccc(-c3ccccc3)[nH]2)CCN1CC(F)F. The van der Waals surface area contributed by atoms with Gasteiger partial charge in [0.2, 0.25) is 0 Å². The van der Waals surface area contributed by atoms with E-state index in [2.05, 4.69) is 4.98 Å². The molecule has 1 saturated heterocycles. The van der Waals surface area contributed by atoms with Crippen LogP contribution in [0.15, 0.2) is 42.5 Å². The van der Waals surface area contributed by atoms with Gasteiger partial charge >= 0.3 is 0 Å². The van der Waals surface area contributed by atoms with Crippen LogP contribution in [-0.2, 0) is 0 Å². The third-order valence-corrected chi connectivity index (χ3v) is 4.74. The van der Waals surface area contributed by atoms with Gasteiger partial charge in [-0.3, -0.25) is 9.69 Å². The molecule has 0 saturated carbocycles. The van der Waals surface area contributed by atoms with E-state index in [1.54, 1.807) is 15.9 Å². The lowest BCUT2D eigenvalue weighted by Gasteiger charge is -2.40. The van der Waals surface area contributed by atoms with E-state index in [0.29, 0.717) is 25.3 Å². The van der Waals surface area contributed by atoms with E-state index in [9.17, 15) is 13.6 Å². The Bertz CT molecular complexity index is 702. The van der Waals surface area contributed by atoms with Gasteiger partial charge in [-0.1, -0.05) is 37.3 Å². The number of hydrogen-bond acceptors (Lipinski definition) is 2. The molecule has 6 heteroatoms. The molecule has 1 atom stereocenters. The molecule has 3 rings (SSSR count). The van der Waals surface area contributed by atoms with Gasteiger partial charge in [-0.25, -0.2) is 8.78 Å². The highest BCUT2D eigenvalue weighted by atomic mass is 19.3. The first-order valence-corrected chi connectivity index (χ1v) is 8.64. The summed E-state index contributed by atoms with van der Waals surface area (Å²) in [7, 11) is 0. The lowest BCUT2D eigenvalue weighted by atomic mass is 10.1. The molecule has 1 amide bonds. The zero-order valence-corrected chi connectivity index (χ0v) is 14.3. The van der Waals surface area contributed by atoms with Crippen molar-refractivity contribution in [3.63, 3.8) is 0 Å². The number of halogens is 2. The molecule has 2 heterocycles. The predicted octanol–water partition coefficient (Wildman–Crippen LogP) is 3.48. The van der Waals surface area contributed by atoms with Crippen molar-refractivity contribution in [2.45, 2.75) is 25.8 Å². The van der Waals surface area contributed by atoms with Crippen molar-refractivity contribution in [2.24, 2.45) is 0 Å². The summed E-state index contributed by atoms with van der Waals surface area (Å²) in [6.45, 7) is 3.20. The summed E-state index contributed by atoms with van der Waals surface area (Å²) >= 11 is 0. The topological polar surface area (TPSA) is 39.3 Å². The average molecular weight is 347 g/mol. The number of alkyl halides is 2. The van der Waals surface area contributed by atoms with E-state index >= 15 is 0 Å². The summed E-state index contributed by atoms with van der Waals surface area (Å²) < 4.78 is 25.4. The number of benzene rings is 1.